The minimum absolute atomic E-state index is 0.329. The van der Waals surface area contributed by atoms with Crippen LogP contribution in [0, 0.1) is 0 Å². The van der Waals surface area contributed by atoms with Crippen molar-refractivity contribution in [3.05, 3.63) is 0 Å². The number of esters is 1. The molecule has 0 amide bonds. The van der Waals surface area contributed by atoms with Gasteiger partial charge in [0.1, 0.15) is 0 Å². The Hall–Kier alpha value is -0.650. The van der Waals surface area contributed by atoms with Gasteiger partial charge in [0.2, 0.25) is 0 Å². The van der Waals surface area contributed by atoms with Gasteiger partial charge in [-0.3, -0.25) is 4.90 Å². The minimum Gasteiger partial charge on any atom is -0.467 e. The van der Waals surface area contributed by atoms with Crippen LogP contribution < -0.4 is 0 Å². The average Bonchev–Trinajstić information content (AvgIpc) is 2.18. The van der Waals surface area contributed by atoms with Crippen LogP contribution in [-0.4, -0.2) is 62.0 Å². The first-order valence-electron chi connectivity index (χ1n) is 4.30. The monoisotopic (exact) mass is 189 g/mol. The van der Waals surface area contributed by atoms with Crippen molar-refractivity contribution in [1.82, 2.24) is 4.90 Å². The molecule has 1 rings (SSSR count). The molecule has 0 saturated carbocycles. The number of carbonyl (C=O) groups excluding carboxylic acids is 1. The van der Waals surface area contributed by atoms with Gasteiger partial charge in [0, 0.05) is 19.6 Å². The molecule has 1 aliphatic heterocycles. The molecule has 1 heterocycles. The number of β-amino-alcohol motifs (C(OH)–C–C–N with tert-alkyl or cyclic N) is 1. The fourth-order valence-electron chi connectivity index (χ4n) is 1.24. The van der Waals surface area contributed by atoms with Gasteiger partial charge < -0.3 is 14.6 Å². The second kappa shape index (κ2) is 5.16. The van der Waals surface area contributed by atoms with Gasteiger partial charge in [-0.15, -0.1) is 0 Å². The van der Waals surface area contributed by atoms with Crippen LogP contribution in [0.1, 0.15) is 0 Å². The number of carbonyl (C=O) groups is 1. The summed E-state index contributed by atoms with van der Waals surface area (Å²) in [5, 5.41) is 9.31. The lowest BCUT2D eigenvalue weighted by Gasteiger charge is -2.27. The minimum atomic E-state index is -1.04. The smallest absolute Gasteiger partial charge is 0.336 e. The van der Waals surface area contributed by atoms with Crippen LogP contribution >= 0.6 is 0 Å². The van der Waals surface area contributed by atoms with E-state index < -0.39 is 12.1 Å². The van der Waals surface area contributed by atoms with Gasteiger partial charge >= 0.3 is 5.97 Å². The molecule has 76 valence electrons. The lowest BCUT2D eigenvalue weighted by atomic mass is 10.3. The molecular formula is C8H15NO4. The summed E-state index contributed by atoms with van der Waals surface area (Å²) in [7, 11) is 1.27. The number of aliphatic hydroxyl groups is 1. The molecule has 0 spiro atoms. The first kappa shape index (κ1) is 10.4. The number of methoxy groups -OCH3 is 1. The molecule has 0 aliphatic carbocycles. The van der Waals surface area contributed by atoms with Gasteiger partial charge in [0.15, 0.2) is 6.10 Å². The van der Waals surface area contributed by atoms with Gasteiger partial charge in [-0.1, -0.05) is 0 Å². The molecule has 1 saturated heterocycles. The van der Waals surface area contributed by atoms with E-state index in [1.165, 1.54) is 7.11 Å². The highest BCUT2D eigenvalue weighted by molar-refractivity contribution is 5.74. The number of hydrogen-bond acceptors (Lipinski definition) is 5. The largest absolute Gasteiger partial charge is 0.467 e. The number of morpholine rings is 1. The van der Waals surface area contributed by atoms with E-state index in [-0.39, 0.29) is 0 Å². The van der Waals surface area contributed by atoms with Crippen molar-refractivity contribution >= 4 is 5.97 Å². The molecule has 0 bridgehead atoms. The quantitative estimate of drug-likeness (QED) is 0.568. The summed E-state index contributed by atoms with van der Waals surface area (Å²) in [6, 6.07) is 0. The molecule has 0 aromatic rings. The zero-order valence-electron chi connectivity index (χ0n) is 7.73. The Balaban J connectivity index is 2.25. The Bertz CT molecular complexity index is 168. The highest BCUT2D eigenvalue weighted by atomic mass is 16.5. The maximum absolute atomic E-state index is 10.9. The van der Waals surface area contributed by atoms with E-state index in [9.17, 15) is 9.90 Å². The van der Waals surface area contributed by atoms with Crippen LogP contribution in [0.3, 0.4) is 0 Å². The lowest BCUT2D eigenvalue weighted by molar-refractivity contribution is -0.151. The lowest BCUT2D eigenvalue weighted by Crippen LogP contribution is -2.43. The van der Waals surface area contributed by atoms with E-state index >= 15 is 0 Å². The molecular weight excluding hydrogens is 174 g/mol. The molecule has 0 radical (unpaired) electrons. The van der Waals surface area contributed by atoms with Crippen molar-refractivity contribution < 1.29 is 19.4 Å². The van der Waals surface area contributed by atoms with Crippen molar-refractivity contribution in [1.29, 1.82) is 0 Å². The number of nitrogens with zero attached hydrogens (tertiary/aromatic N) is 1. The van der Waals surface area contributed by atoms with Crippen molar-refractivity contribution in [2.45, 2.75) is 6.10 Å². The Morgan fingerprint density at radius 3 is 2.77 bits per heavy atom. The van der Waals surface area contributed by atoms with Gasteiger partial charge in [-0.25, -0.2) is 4.79 Å². The number of ether oxygens (including phenoxy) is 2. The second-order valence-electron chi connectivity index (χ2n) is 2.95. The molecule has 1 N–H and O–H groups in total. The molecule has 5 heteroatoms. The van der Waals surface area contributed by atoms with Crippen molar-refractivity contribution in [3.63, 3.8) is 0 Å². The predicted octanol–water partition coefficient (Wildman–Crippen LogP) is -1.15. The van der Waals surface area contributed by atoms with E-state index in [0.717, 1.165) is 13.1 Å². The van der Waals surface area contributed by atoms with Crippen LogP contribution in [0.4, 0.5) is 0 Å². The van der Waals surface area contributed by atoms with Crippen LogP contribution in [-0.2, 0) is 14.3 Å². The Kier molecular flexibility index (Phi) is 4.14. The van der Waals surface area contributed by atoms with Crippen LogP contribution in [0.2, 0.25) is 0 Å². The van der Waals surface area contributed by atoms with Crippen LogP contribution in [0.5, 0.6) is 0 Å². The van der Waals surface area contributed by atoms with Crippen molar-refractivity contribution in [2.75, 3.05) is 40.0 Å². The highest BCUT2D eigenvalue weighted by Gasteiger charge is 2.20. The fraction of sp³-hybridized carbons (Fsp3) is 0.875. The third kappa shape index (κ3) is 3.30. The SMILES string of the molecule is COC(=O)[C@@H](O)CN1CCOCC1. The van der Waals surface area contributed by atoms with E-state index in [0.29, 0.717) is 19.8 Å². The van der Waals surface area contributed by atoms with Crippen molar-refractivity contribution in [2.24, 2.45) is 0 Å². The fourth-order valence-corrected chi connectivity index (χ4v) is 1.24. The van der Waals surface area contributed by atoms with Crippen molar-refractivity contribution in [3.8, 4) is 0 Å². The summed E-state index contributed by atoms with van der Waals surface area (Å²) in [6.07, 6.45) is -1.04. The van der Waals surface area contributed by atoms with Gasteiger partial charge in [0.25, 0.3) is 0 Å². The summed E-state index contributed by atoms with van der Waals surface area (Å²) in [5.74, 6) is -0.577. The Morgan fingerprint density at radius 1 is 1.62 bits per heavy atom. The van der Waals surface area contributed by atoms with Crippen LogP contribution in [0.15, 0.2) is 0 Å². The summed E-state index contributed by atoms with van der Waals surface area (Å²) in [4.78, 5) is 12.8. The topological polar surface area (TPSA) is 59.0 Å². The van der Waals surface area contributed by atoms with Gasteiger partial charge in [-0.05, 0) is 0 Å². The average molecular weight is 189 g/mol. The zero-order chi connectivity index (χ0) is 9.68. The maximum Gasteiger partial charge on any atom is 0.336 e. The first-order chi connectivity index (χ1) is 6.24. The standard InChI is InChI=1S/C8H15NO4/c1-12-8(11)7(10)6-9-2-4-13-5-3-9/h7,10H,2-6H2,1H3/t7-/m0/s1. The summed E-state index contributed by atoms with van der Waals surface area (Å²) < 4.78 is 9.54. The van der Waals surface area contributed by atoms with E-state index in [1.807, 2.05) is 4.90 Å². The Morgan fingerprint density at radius 2 is 2.23 bits per heavy atom. The zero-order valence-corrected chi connectivity index (χ0v) is 7.73. The normalized spacial score (nSPS) is 21.1. The molecule has 0 aromatic carbocycles. The number of hydrogen-bond donors (Lipinski definition) is 1. The molecule has 1 atom stereocenters. The molecule has 13 heavy (non-hydrogen) atoms. The van der Waals surface area contributed by atoms with Crippen LogP contribution in [0.25, 0.3) is 0 Å². The van der Waals surface area contributed by atoms with Gasteiger partial charge in [-0.2, -0.15) is 0 Å². The molecule has 0 aromatic heterocycles. The van der Waals surface area contributed by atoms with E-state index in [1.54, 1.807) is 0 Å². The number of rotatable bonds is 3. The summed E-state index contributed by atoms with van der Waals surface area (Å²) >= 11 is 0. The van der Waals surface area contributed by atoms with E-state index in [2.05, 4.69) is 4.74 Å². The molecule has 0 unspecified atom stereocenters. The predicted molar refractivity (Wildman–Crippen MR) is 45.3 cm³/mol. The highest BCUT2D eigenvalue weighted by Crippen LogP contribution is 1.99. The third-order valence-electron chi connectivity index (χ3n) is 2.01. The molecule has 1 aliphatic rings. The van der Waals surface area contributed by atoms with Gasteiger partial charge in [0.05, 0.1) is 20.3 Å². The molecule has 5 nitrogen and oxygen atoms in total. The second-order valence-corrected chi connectivity index (χ2v) is 2.95. The summed E-state index contributed by atoms with van der Waals surface area (Å²) in [5.41, 5.74) is 0. The Labute approximate surface area is 77.2 Å². The maximum atomic E-state index is 10.9. The summed E-state index contributed by atoms with van der Waals surface area (Å²) in [6.45, 7) is 3.17. The first-order valence-corrected chi connectivity index (χ1v) is 4.30. The molecule has 1 fully saturated rings. The number of aliphatic hydroxyl groups excluding tert-OH is 1. The third-order valence-corrected chi connectivity index (χ3v) is 2.01. The van der Waals surface area contributed by atoms with E-state index in [4.69, 9.17) is 4.74 Å².